The van der Waals surface area contributed by atoms with Crippen LogP contribution in [-0.2, 0) is 0 Å². The first-order chi connectivity index (χ1) is 7.22. The van der Waals surface area contributed by atoms with Crippen LogP contribution in [0.15, 0.2) is 24.4 Å². The number of nitrogen functional groups attached to an aromatic ring is 1. The van der Waals surface area contributed by atoms with Crippen LogP contribution in [0, 0.1) is 6.92 Å². The average molecular weight is 203 g/mol. The number of benzene rings is 1. The van der Waals surface area contributed by atoms with Crippen molar-refractivity contribution in [2.24, 2.45) is 0 Å². The standard InChI is InChI=1S/C11H13N3O/c1-7-3-4-8(5-10(7)15-2)9-6-13-14-11(9)12/h3-6H,1-2H3,(H3,12,13,14). The predicted octanol–water partition coefficient (Wildman–Crippen LogP) is 1.98. The van der Waals surface area contributed by atoms with E-state index in [1.807, 2.05) is 25.1 Å². The van der Waals surface area contributed by atoms with Gasteiger partial charge in [-0.2, -0.15) is 5.10 Å². The van der Waals surface area contributed by atoms with Gasteiger partial charge in [-0.05, 0) is 24.1 Å². The summed E-state index contributed by atoms with van der Waals surface area (Å²) in [5, 5.41) is 6.59. The fourth-order valence-electron chi connectivity index (χ4n) is 1.51. The highest BCUT2D eigenvalue weighted by molar-refractivity contribution is 5.74. The van der Waals surface area contributed by atoms with Crippen LogP contribution in [0.4, 0.5) is 5.82 Å². The van der Waals surface area contributed by atoms with Gasteiger partial charge in [0.15, 0.2) is 0 Å². The number of aryl methyl sites for hydroxylation is 1. The van der Waals surface area contributed by atoms with Gasteiger partial charge in [-0.15, -0.1) is 0 Å². The van der Waals surface area contributed by atoms with Crippen molar-refractivity contribution in [2.45, 2.75) is 6.92 Å². The molecule has 4 nitrogen and oxygen atoms in total. The number of nitrogens with zero attached hydrogens (tertiary/aromatic N) is 1. The van der Waals surface area contributed by atoms with E-state index < -0.39 is 0 Å². The molecule has 0 fully saturated rings. The number of aromatic amines is 1. The van der Waals surface area contributed by atoms with Crippen molar-refractivity contribution in [1.29, 1.82) is 0 Å². The van der Waals surface area contributed by atoms with E-state index in [0.717, 1.165) is 22.4 Å². The summed E-state index contributed by atoms with van der Waals surface area (Å²) < 4.78 is 5.25. The topological polar surface area (TPSA) is 63.9 Å². The zero-order valence-corrected chi connectivity index (χ0v) is 8.74. The van der Waals surface area contributed by atoms with E-state index in [4.69, 9.17) is 10.5 Å². The molecule has 1 aromatic heterocycles. The number of H-pyrrole nitrogens is 1. The molecule has 0 aliphatic heterocycles. The number of rotatable bonds is 2. The van der Waals surface area contributed by atoms with Crippen LogP contribution >= 0.6 is 0 Å². The molecule has 0 aliphatic rings. The minimum Gasteiger partial charge on any atom is -0.496 e. The van der Waals surface area contributed by atoms with Gasteiger partial charge in [-0.1, -0.05) is 12.1 Å². The monoisotopic (exact) mass is 203 g/mol. The molecular formula is C11H13N3O. The van der Waals surface area contributed by atoms with Crippen molar-refractivity contribution in [3.8, 4) is 16.9 Å². The maximum Gasteiger partial charge on any atom is 0.126 e. The Morgan fingerprint density at radius 3 is 2.80 bits per heavy atom. The van der Waals surface area contributed by atoms with Crippen molar-refractivity contribution in [3.63, 3.8) is 0 Å². The lowest BCUT2D eigenvalue weighted by Gasteiger charge is -2.06. The van der Waals surface area contributed by atoms with E-state index in [-0.39, 0.29) is 0 Å². The van der Waals surface area contributed by atoms with Crippen LogP contribution in [-0.4, -0.2) is 17.3 Å². The zero-order valence-electron chi connectivity index (χ0n) is 8.74. The first kappa shape index (κ1) is 9.58. The molecule has 15 heavy (non-hydrogen) atoms. The Hall–Kier alpha value is -1.97. The van der Waals surface area contributed by atoms with Crippen LogP contribution in [0.25, 0.3) is 11.1 Å². The molecule has 0 saturated carbocycles. The van der Waals surface area contributed by atoms with E-state index in [2.05, 4.69) is 10.2 Å². The minimum absolute atomic E-state index is 0.570. The molecule has 1 aromatic carbocycles. The Morgan fingerprint density at radius 2 is 2.20 bits per heavy atom. The molecule has 2 rings (SSSR count). The van der Waals surface area contributed by atoms with E-state index >= 15 is 0 Å². The van der Waals surface area contributed by atoms with Gasteiger partial charge in [0.25, 0.3) is 0 Å². The summed E-state index contributed by atoms with van der Waals surface area (Å²) in [5.41, 5.74) is 8.74. The van der Waals surface area contributed by atoms with Crippen molar-refractivity contribution in [1.82, 2.24) is 10.2 Å². The summed E-state index contributed by atoms with van der Waals surface area (Å²) in [6.07, 6.45) is 1.71. The minimum atomic E-state index is 0.570. The Labute approximate surface area is 88.1 Å². The molecule has 0 radical (unpaired) electrons. The van der Waals surface area contributed by atoms with Crippen LogP contribution in [0.1, 0.15) is 5.56 Å². The van der Waals surface area contributed by atoms with Crippen molar-refractivity contribution >= 4 is 5.82 Å². The number of ether oxygens (including phenoxy) is 1. The van der Waals surface area contributed by atoms with Gasteiger partial charge >= 0.3 is 0 Å². The summed E-state index contributed by atoms with van der Waals surface area (Å²) in [5.74, 6) is 1.43. The number of aromatic nitrogens is 2. The lowest BCUT2D eigenvalue weighted by atomic mass is 10.1. The summed E-state index contributed by atoms with van der Waals surface area (Å²) >= 11 is 0. The molecule has 0 unspecified atom stereocenters. The van der Waals surface area contributed by atoms with E-state index in [1.165, 1.54) is 0 Å². The quantitative estimate of drug-likeness (QED) is 0.784. The molecule has 0 saturated heterocycles. The smallest absolute Gasteiger partial charge is 0.126 e. The molecule has 0 amide bonds. The second-order valence-corrected chi connectivity index (χ2v) is 3.38. The maximum absolute atomic E-state index is 5.74. The number of nitrogens with one attached hydrogen (secondary N) is 1. The molecule has 0 bridgehead atoms. The second kappa shape index (κ2) is 3.65. The highest BCUT2D eigenvalue weighted by atomic mass is 16.5. The number of methoxy groups -OCH3 is 1. The fraction of sp³-hybridized carbons (Fsp3) is 0.182. The van der Waals surface area contributed by atoms with E-state index in [9.17, 15) is 0 Å². The highest BCUT2D eigenvalue weighted by Crippen LogP contribution is 2.28. The van der Waals surface area contributed by atoms with E-state index in [0.29, 0.717) is 5.82 Å². The van der Waals surface area contributed by atoms with Gasteiger partial charge in [-0.3, -0.25) is 5.10 Å². The van der Waals surface area contributed by atoms with Gasteiger partial charge in [0.1, 0.15) is 11.6 Å². The zero-order chi connectivity index (χ0) is 10.8. The van der Waals surface area contributed by atoms with Gasteiger partial charge in [0.2, 0.25) is 0 Å². The summed E-state index contributed by atoms with van der Waals surface area (Å²) in [4.78, 5) is 0. The average Bonchev–Trinajstić information content (AvgIpc) is 2.65. The van der Waals surface area contributed by atoms with Crippen molar-refractivity contribution in [3.05, 3.63) is 30.0 Å². The molecular weight excluding hydrogens is 190 g/mol. The summed E-state index contributed by atoms with van der Waals surface area (Å²) in [6.45, 7) is 2.00. The van der Waals surface area contributed by atoms with Crippen LogP contribution in [0.3, 0.4) is 0 Å². The van der Waals surface area contributed by atoms with Crippen LogP contribution in [0.5, 0.6) is 5.75 Å². The second-order valence-electron chi connectivity index (χ2n) is 3.38. The Morgan fingerprint density at radius 1 is 1.40 bits per heavy atom. The first-order valence-corrected chi connectivity index (χ1v) is 4.66. The predicted molar refractivity (Wildman–Crippen MR) is 59.7 cm³/mol. The van der Waals surface area contributed by atoms with Crippen molar-refractivity contribution < 1.29 is 4.74 Å². The lowest BCUT2D eigenvalue weighted by molar-refractivity contribution is 0.412. The third kappa shape index (κ3) is 1.66. The largest absolute Gasteiger partial charge is 0.496 e. The maximum atomic E-state index is 5.74. The molecule has 0 atom stereocenters. The summed E-state index contributed by atoms with van der Waals surface area (Å²) in [6, 6.07) is 5.95. The van der Waals surface area contributed by atoms with Crippen LogP contribution in [0.2, 0.25) is 0 Å². The molecule has 4 heteroatoms. The van der Waals surface area contributed by atoms with Gasteiger partial charge in [0, 0.05) is 5.56 Å². The first-order valence-electron chi connectivity index (χ1n) is 4.66. The Balaban J connectivity index is 2.51. The third-order valence-corrected chi connectivity index (χ3v) is 2.39. The molecule has 2 aromatic rings. The highest BCUT2D eigenvalue weighted by Gasteiger charge is 2.06. The summed E-state index contributed by atoms with van der Waals surface area (Å²) in [7, 11) is 1.66. The molecule has 1 heterocycles. The third-order valence-electron chi connectivity index (χ3n) is 2.39. The van der Waals surface area contributed by atoms with Crippen molar-refractivity contribution in [2.75, 3.05) is 12.8 Å². The number of nitrogens with two attached hydrogens (primary N) is 1. The Kier molecular flexibility index (Phi) is 2.33. The fourth-order valence-corrected chi connectivity index (χ4v) is 1.51. The van der Waals surface area contributed by atoms with Gasteiger partial charge < -0.3 is 10.5 Å². The number of anilines is 1. The normalized spacial score (nSPS) is 10.3. The lowest BCUT2D eigenvalue weighted by Crippen LogP contribution is -1.90. The van der Waals surface area contributed by atoms with Crippen LogP contribution < -0.4 is 10.5 Å². The molecule has 0 aliphatic carbocycles. The van der Waals surface area contributed by atoms with Gasteiger partial charge in [0.05, 0.1) is 13.3 Å². The molecule has 78 valence electrons. The Bertz CT molecular complexity index is 476. The van der Waals surface area contributed by atoms with E-state index in [1.54, 1.807) is 13.3 Å². The molecule has 3 N–H and O–H groups in total. The number of hydrogen-bond acceptors (Lipinski definition) is 3. The number of hydrogen-bond donors (Lipinski definition) is 2. The molecule has 0 spiro atoms. The van der Waals surface area contributed by atoms with Gasteiger partial charge in [-0.25, -0.2) is 0 Å². The SMILES string of the molecule is COc1cc(-c2cn[nH]c2N)ccc1C.